The van der Waals surface area contributed by atoms with Crippen molar-refractivity contribution < 1.29 is 13.6 Å². The zero-order chi connectivity index (χ0) is 26.1. The van der Waals surface area contributed by atoms with Gasteiger partial charge < -0.3 is 0 Å². The van der Waals surface area contributed by atoms with Gasteiger partial charge in [-0.05, 0) is 0 Å². The van der Waals surface area contributed by atoms with Gasteiger partial charge in [-0.15, -0.1) is 0 Å². The van der Waals surface area contributed by atoms with Gasteiger partial charge in [-0.3, -0.25) is 0 Å². The Balaban J connectivity index is 1.77. The average molecular weight is 503 g/mol. The molecule has 0 bridgehead atoms. The molecule has 0 fully saturated rings. The molecule has 0 radical (unpaired) electrons. The summed E-state index contributed by atoms with van der Waals surface area (Å²) in [5, 5.41) is -0.630. The normalized spacial score (nSPS) is 23.6. The van der Waals surface area contributed by atoms with Crippen LogP contribution in [-0.2, 0) is 21.4 Å². The van der Waals surface area contributed by atoms with Crippen LogP contribution in [0, 0.1) is 0 Å². The standard InChI is InChI=1S/C32H39O3P/c1-29(2,3)20-11-14-26-23(17-20)32-24-18-21(30(4,5)6)12-15-27(24)34-36(32,10,33-26)35-28-16-13-22(19-25(28)32)31(7,8)9/h11-19H,1-10H3. The van der Waals surface area contributed by atoms with E-state index >= 15 is 0 Å². The third kappa shape index (κ3) is 2.79. The summed E-state index contributed by atoms with van der Waals surface area (Å²) >= 11 is 0. The van der Waals surface area contributed by atoms with Crippen molar-refractivity contribution in [1.29, 1.82) is 0 Å². The minimum atomic E-state index is -3.76. The van der Waals surface area contributed by atoms with Crippen LogP contribution in [0.5, 0.6) is 17.2 Å². The number of hydrogen-bond donors (Lipinski definition) is 0. The molecule has 36 heavy (non-hydrogen) atoms. The van der Waals surface area contributed by atoms with E-state index in [1.165, 1.54) is 33.4 Å². The summed E-state index contributed by atoms with van der Waals surface area (Å²) in [6.07, 6.45) is 0. The first-order chi connectivity index (χ1) is 16.5. The molecule has 190 valence electrons. The summed E-state index contributed by atoms with van der Waals surface area (Å²) in [7, 11) is -3.76. The molecule has 0 aliphatic carbocycles. The Morgan fingerprint density at radius 1 is 0.500 bits per heavy atom. The van der Waals surface area contributed by atoms with E-state index in [0.29, 0.717) is 0 Å². The predicted molar refractivity (Wildman–Crippen MR) is 150 cm³/mol. The second-order valence-corrected chi connectivity index (χ2v) is 17.9. The number of benzene rings is 3. The molecule has 3 nitrogen and oxygen atoms in total. The van der Waals surface area contributed by atoms with Crippen LogP contribution in [-0.4, -0.2) is 6.66 Å². The topological polar surface area (TPSA) is 27.7 Å². The van der Waals surface area contributed by atoms with Gasteiger partial charge >= 0.3 is 216 Å². The average Bonchev–Trinajstić information content (AvgIpc) is 3.20. The van der Waals surface area contributed by atoms with Crippen LogP contribution in [0.25, 0.3) is 0 Å². The van der Waals surface area contributed by atoms with E-state index in [4.69, 9.17) is 13.6 Å². The Morgan fingerprint density at radius 2 is 0.778 bits per heavy atom. The van der Waals surface area contributed by atoms with Gasteiger partial charge in [0.1, 0.15) is 0 Å². The Hall–Kier alpha value is -2.51. The van der Waals surface area contributed by atoms with E-state index in [9.17, 15) is 0 Å². The summed E-state index contributed by atoms with van der Waals surface area (Å²) in [6.45, 7) is 22.5. The van der Waals surface area contributed by atoms with Crippen LogP contribution < -0.4 is 13.6 Å². The van der Waals surface area contributed by atoms with Crippen molar-refractivity contribution >= 4 is 7.28 Å². The minimum absolute atomic E-state index is 0.00352. The first-order valence-electron chi connectivity index (χ1n) is 13.0. The summed E-state index contributed by atoms with van der Waals surface area (Å²) in [5.74, 6) is 2.63. The van der Waals surface area contributed by atoms with Crippen LogP contribution >= 0.6 is 7.28 Å². The second-order valence-electron chi connectivity index (χ2n) is 14.1. The molecule has 3 aromatic rings. The number of rotatable bonds is 0. The van der Waals surface area contributed by atoms with Crippen LogP contribution in [0.15, 0.2) is 54.6 Å². The van der Waals surface area contributed by atoms with Gasteiger partial charge in [0, 0.05) is 0 Å². The fraction of sp³-hybridized carbons (Fsp3) is 0.438. The first-order valence-corrected chi connectivity index (χ1v) is 15.5. The Kier molecular flexibility index (Phi) is 4.30. The van der Waals surface area contributed by atoms with Crippen LogP contribution in [0.4, 0.5) is 0 Å². The molecular formula is C32H39O3P. The summed E-state index contributed by atoms with van der Waals surface area (Å²) in [4.78, 5) is 0. The molecule has 0 saturated heterocycles. The van der Waals surface area contributed by atoms with E-state index in [1.54, 1.807) is 0 Å². The molecule has 0 saturated carbocycles. The van der Waals surface area contributed by atoms with Crippen molar-refractivity contribution in [1.82, 2.24) is 0 Å². The zero-order valence-electron chi connectivity index (χ0n) is 23.4. The Bertz CT molecular complexity index is 1280. The van der Waals surface area contributed by atoms with Crippen LogP contribution in [0.3, 0.4) is 0 Å². The molecule has 3 aliphatic heterocycles. The summed E-state index contributed by atoms with van der Waals surface area (Å²) < 4.78 is 21.0. The maximum atomic E-state index is 6.99. The van der Waals surface area contributed by atoms with Gasteiger partial charge in [0.05, 0.1) is 0 Å². The van der Waals surface area contributed by atoms with Gasteiger partial charge in [0.15, 0.2) is 0 Å². The molecule has 0 spiro atoms. The molecular weight excluding hydrogens is 463 g/mol. The zero-order valence-corrected chi connectivity index (χ0v) is 24.3. The van der Waals surface area contributed by atoms with Crippen molar-refractivity contribution in [3.63, 3.8) is 0 Å². The Labute approximate surface area is 216 Å². The van der Waals surface area contributed by atoms with Crippen molar-refractivity contribution in [3.8, 4) is 17.2 Å². The SMILES string of the molecule is CC(C)(C)c1ccc2c(c1)C13c4cc(C(C)(C)C)ccc4OP1(C)(O2)Oc1ccc(C(C)(C)C)cc13. The number of hydrogen-bond acceptors (Lipinski definition) is 3. The maximum absolute atomic E-state index is 6.99. The summed E-state index contributed by atoms with van der Waals surface area (Å²) in [6, 6.07) is 20.0. The second kappa shape index (κ2) is 6.48. The van der Waals surface area contributed by atoms with Crippen molar-refractivity contribution in [3.05, 3.63) is 88.0 Å². The van der Waals surface area contributed by atoms with Crippen molar-refractivity contribution in [2.45, 2.75) is 83.7 Å². The molecule has 3 aromatic carbocycles. The molecule has 0 amide bonds. The van der Waals surface area contributed by atoms with Gasteiger partial charge in [-0.2, -0.15) is 0 Å². The molecule has 3 aliphatic rings. The molecule has 0 unspecified atom stereocenters. The van der Waals surface area contributed by atoms with E-state index < -0.39 is 12.4 Å². The first kappa shape index (κ1) is 23.9. The number of fused-ring (bicyclic) bond motifs is 3. The van der Waals surface area contributed by atoms with E-state index in [1.807, 2.05) is 0 Å². The van der Waals surface area contributed by atoms with Gasteiger partial charge in [-0.25, -0.2) is 0 Å². The van der Waals surface area contributed by atoms with E-state index in [-0.39, 0.29) is 16.2 Å². The van der Waals surface area contributed by atoms with Crippen molar-refractivity contribution in [2.75, 3.05) is 6.66 Å². The molecule has 4 heteroatoms. The van der Waals surface area contributed by atoms with E-state index in [0.717, 1.165) is 17.2 Å². The van der Waals surface area contributed by atoms with Gasteiger partial charge in [0.25, 0.3) is 0 Å². The van der Waals surface area contributed by atoms with E-state index in [2.05, 4.69) is 124 Å². The van der Waals surface area contributed by atoms with Crippen LogP contribution in [0.1, 0.15) is 95.7 Å². The third-order valence-corrected chi connectivity index (χ3v) is 12.5. The van der Waals surface area contributed by atoms with Gasteiger partial charge in [-0.1, -0.05) is 0 Å². The quantitative estimate of drug-likeness (QED) is 0.287. The van der Waals surface area contributed by atoms with Crippen molar-refractivity contribution in [2.24, 2.45) is 0 Å². The molecule has 0 aromatic heterocycles. The molecule has 3 heterocycles. The summed E-state index contributed by atoms with van der Waals surface area (Å²) in [5.41, 5.74) is 7.38. The molecule has 0 N–H and O–H groups in total. The molecule has 6 rings (SSSR count). The monoisotopic (exact) mass is 502 g/mol. The predicted octanol–water partition coefficient (Wildman–Crippen LogP) is 8.98. The van der Waals surface area contributed by atoms with Gasteiger partial charge in [0.2, 0.25) is 0 Å². The fourth-order valence-corrected chi connectivity index (χ4v) is 10.8. The Morgan fingerprint density at radius 3 is 1.03 bits per heavy atom. The molecule has 0 atom stereocenters. The fourth-order valence-electron chi connectivity index (χ4n) is 6.26. The third-order valence-electron chi connectivity index (χ3n) is 8.38. The van der Waals surface area contributed by atoms with Crippen LogP contribution in [0.2, 0.25) is 0 Å².